The van der Waals surface area contributed by atoms with Crippen LogP contribution in [0, 0.1) is 13.8 Å². The molecule has 1 atom stereocenters. The van der Waals surface area contributed by atoms with Gasteiger partial charge in [0.1, 0.15) is 5.54 Å². The van der Waals surface area contributed by atoms with Gasteiger partial charge in [0.25, 0.3) is 0 Å². The minimum atomic E-state index is -0.884. The molecule has 5 heteroatoms. The van der Waals surface area contributed by atoms with E-state index in [1.54, 1.807) is 6.92 Å². The molecule has 1 heterocycles. The number of pyridine rings is 1. The van der Waals surface area contributed by atoms with E-state index < -0.39 is 11.5 Å². The van der Waals surface area contributed by atoms with Crippen LogP contribution < -0.4 is 5.32 Å². The third kappa shape index (κ3) is 3.94. The topological polar surface area (TPSA) is 62.2 Å². The first-order valence-corrected chi connectivity index (χ1v) is 7.47. The van der Waals surface area contributed by atoms with Crippen LogP contribution in [0.3, 0.4) is 0 Å². The Hall–Kier alpha value is -1.07. The Morgan fingerprint density at radius 1 is 1.53 bits per heavy atom. The smallest absolute Gasteiger partial charge is 0.324 e. The highest BCUT2D eigenvalue weighted by molar-refractivity contribution is 7.99. The molecule has 1 saturated carbocycles. The molecule has 4 nitrogen and oxygen atoms in total. The maximum atomic E-state index is 11.4. The summed E-state index contributed by atoms with van der Waals surface area (Å²) in [7, 11) is 0. The first kappa shape index (κ1) is 14.3. The highest BCUT2D eigenvalue weighted by Crippen LogP contribution is 2.27. The van der Waals surface area contributed by atoms with Crippen molar-refractivity contribution in [3.63, 3.8) is 0 Å². The van der Waals surface area contributed by atoms with Gasteiger partial charge in [0.05, 0.1) is 5.03 Å². The molecule has 1 aliphatic carbocycles. The fourth-order valence-corrected chi connectivity index (χ4v) is 3.06. The molecule has 0 bridgehead atoms. The number of carboxylic acid groups (broad SMARTS) is 1. The van der Waals surface area contributed by atoms with Gasteiger partial charge in [-0.15, -0.1) is 11.8 Å². The standard InChI is InChI=1S/C14H20N2O2S/c1-9-6-10(2)15-12(7-9)19-8-14(3,13(17)18)16-11-4-5-11/h6-7,11,16H,4-5,8H2,1-3H3,(H,17,18). The van der Waals surface area contributed by atoms with Crippen LogP contribution >= 0.6 is 11.8 Å². The first-order chi connectivity index (χ1) is 8.89. The van der Waals surface area contributed by atoms with E-state index in [0.29, 0.717) is 11.8 Å². The predicted octanol–water partition coefficient (Wildman–Crippen LogP) is 2.39. The summed E-state index contributed by atoms with van der Waals surface area (Å²) in [6.45, 7) is 5.73. The zero-order valence-electron chi connectivity index (χ0n) is 11.6. The lowest BCUT2D eigenvalue weighted by Crippen LogP contribution is -2.52. The van der Waals surface area contributed by atoms with Crippen molar-refractivity contribution in [1.29, 1.82) is 0 Å². The number of hydrogen-bond acceptors (Lipinski definition) is 4. The molecule has 0 spiro atoms. The van der Waals surface area contributed by atoms with Gasteiger partial charge in [-0.2, -0.15) is 0 Å². The van der Waals surface area contributed by atoms with Crippen molar-refractivity contribution in [1.82, 2.24) is 10.3 Å². The normalized spacial score (nSPS) is 18.1. The van der Waals surface area contributed by atoms with E-state index in [1.807, 2.05) is 26.0 Å². The molecular formula is C14H20N2O2S. The van der Waals surface area contributed by atoms with E-state index in [9.17, 15) is 9.90 Å². The second kappa shape index (κ2) is 5.51. The summed E-state index contributed by atoms with van der Waals surface area (Å²) in [6.07, 6.45) is 2.16. The van der Waals surface area contributed by atoms with Crippen molar-refractivity contribution in [2.24, 2.45) is 0 Å². The van der Waals surface area contributed by atoms with Crippen LogP contribution in [0.4, 0.5) is 0 Å². The zero-order chi connectivity index (χ0) is 14.0. The quantitative estimate of drug-likeness (QED) is 0.783. The molecule has 0 aliphatic heterocycles. The number of aromatic nitrogens is 1. The van der Waals surface area contributed by atoms with E-state index in [-0.39, 0.29) is 0 Å². The molecule has 2 N–H and O–H groups in total. The number of hydrogen-bond donors (Lipinski definition) is 2. The highest BCUT2D eigenvalue weighted by atomic mass is 32.2. The van der Waals surface area contributed by atoms with E-state index in [1.165, 1.54) is 11.8 Å². The molecule has 104 valence electrons. The van der Waals surface area contributed by atoms with Gasteiger partial charge < -0.3 is 5.11 Å². The van der Waals surface area contributed by atoms with E-state index in [0.717, 1.165) is 29.1 Å². The molecular weight excluding hydrogens is 260 g/mol. The van der Waals surface area contributed by atoms with Crippen LogP contribution in [0.1, 0.15) is 31.0 Å². The SMILES string of the molecule is Cc1cc(C)nc(SCC(C)(NC2CC2)C(=O)O)c1. The third-order valence-electron chi connectivity index (χ3n) is 3.16. The van der Waals surface area contributed by atoms with Crippen molar-refractivity contribution >= 4 is 17.7 Å². The lowest BCUT2D eigenvalue weighted by molar-refractivity contribution is -0.143. The third-order valence-corrected chi connectivity index (χ3v) is 4.38. The molecule has 0 amide bonds. The molecule has 19 heavy (non-hydrogen) atoms. The van der Waals surface area contributed by atoms with Crippen LogP contribution in [0.2, 0.25) is 0 Å². The summed E-state index contributed by atoms with van der Waals surface area (Å²) in [5, 5.41) is 13.5. The molecule has 1 aromatic heterocycles. The molecule has 0 saturated heterocycles. The number of aliphatic carboxylic acids is 1. The number of carboxylic acids is 1. The van der Waals surface area contributed by atoms with Crippen molar-refractivity contribution in [2.45, 2.75) is 50.2 Å². The van der Waals surface area contributed by atoms with Crippen molar-refractivity contribution in [3.05, 3.63) is 23.4 Å². The van der Waals surface area contributed by atoms with Crippen LogP contribution in [0.15, 0.2) is 17.2 Å². The lowest BCUT2D eigenvalue weighted by Gasteiger charge is -2.25. The Labute approximate surface area is 118 Å². The maximum absolute atomic E-state index is 11.4. The zero-order valence-corrected chi connectivity index (χ0v) is 12.4. The van der Waals surface area contributed by atoms with Gasteiger partial charge >= 0.3 is 5.97 Å². The Bertz CT molecular complexity index is 468. The molecule has 1 fully saturated rings. The number of thioether (sulfide) groups is 1. The fraction of sp³-hybridized carbons (Fsp3) is 0.571. The Morgan fingerprint density at radius 2 is 2.21 bits per heavy atom. The molecule has 1 unspecified atom stereocenters. The Kier molecular flexibility index (Phi) is 4.16. The van der Waals surface area contributed by atoms with Crippen molar-refractivity contribution < 1.29 is 9.90 Å². The van der Waals surface area contributed by atoms with Gasteiger partial charge in [-0.25, -0.2) is 4.98 Å². The molecule has 2 rings (SSSR count). The van der Waals surface area contributed by atoms with Crippen molar-refractivity contribution in [3.8, 4) is 0 Å². The second-order valence-corrected chi connectivity index (χ2v) is 6.46. The number of nitrogens with zero attached hydrogens (tertiary/aromatic N) is 1. The van der Waals surface area contributed by atoms with Crippen LogP contribution in [-0.4, -0.2) is 33.4 Å². The summed E-state index contributed by atoms with van der Waals surface area (Å²) < 4.78 is 0. The average Bonchev–Trinajstić information content (AvgIpc) is 3.09. The van der Waals surface area contributed by atoms with Crippen molar-refractivity contribution in [2.75, 3.05) is 5.75 Å². The summed E-state index contributed by atoms with van der Waals surface area (Å²) >= 11 is 1.50. The highest BCUT2D eigenvalue weighted by Gasteiger charge is 2.38. The van der Waals surface area contributed by atoms with Crippen LogP contribution in [0.25, 0.3) is 0 Å². The van der Waals surface area contributed by atoms with Gasteiger partial charge in [0.2, 0.25) is 0 Å². The maximum Gasteiger partial charge on any atom is 0.324 e. The fourth-order valence-electron chi connectivity index (χ4n) is 1.94. The van der Waals surface area contributed by atoms with Gasteiger partial charge in [-0.05, 0) is 51.3 Å². The number of aryl methyl sites for hydroxylation is 2. The van der Waals surface area contributed by atoms with E-state index in [4.69, 9.17) is 0 Å². The number of rotatable bonds is 6. The van der Waals surface area contributed by atoms with E-state index >= 15 is 0 Å². The minimum Gasteiger partial charge on any atom is -0.480 e. The monoisotopic (exact) mass is 280 g/mol. The lowest BCUT2D eigenvalue weighted by atomic mass is 10.1. The molecule has 1 aliphatic rings. The molecule has 1 aromatic rings. The van der Waals surface area contributed by atoms with E-state index in [2.05, 4.69) is 10.3 Å². The second-order valence-electron chi connectivity index (χ2n) is 5.47. The summed E-state index contributed by atoms with van der Waals surface area (Å²) in [6, 6.07) is 4.38. The average molecular weight is 280 g/mol. The van der Waals surface area contributed by atoms with Crippen LogP contribution in [0.5, 0.6) is 0 Å². The Balaban J connectivity index is 2.03. The minimum absolute atomic E-state index is 0.369. The van der Waals surface area contributed by atoms with Gasteiger partial charge in [0, 0.05) is 17.5 Å². The summed E-state index contributed by atoms with van der Waals surface area (Å²) in [5.41, 5.74) is 1.24. The number of nitrogens with one attached hydrogen (secondary N) is 1. The Morgan fingerprint density at radius 3 is 2.74 bits per heavy atom. The van der Waals surface area contributed by atoms with Crippen LogP contribution in [-0.2, 0) is 4.79 Å². The summed E-state index contributed by atoms with van der Waals surface area (Å²) in [5.74, 6) is -0.314. The van der Waals surface area contributed by atoms with Gasteiger partial charge in [-0.1, -0.05) is 0 Å². The van der Waals surface area contributed by atoms with Gasteiger partial charge in [-0.3, -0.25) is 10.1 Å². The molecule has 0 radical (unpaired) electrons. The number of carbonyl (C=O) groups is 1. The first-order valence-electron chi connectivity index (χ1n) is 6.48. The summed E-state index contributed by atoms with van der Waals surface area (Å²) in [4.78, 5) is 15.9. The largest absolute Gasteiger partial charge is 0.480 e. The molecule has 0 aromatic carbocycles. The predicted molar refractivity (Wildman–Crippen MR) is 76.6 cm³/mol. The van der Waals surface area contributed by atoms with Gasteiger partial charge in [0.15, 0.2) is 0 Å².